The zero-order chi connectivity index (χ0) is 19.1. The second-order valence-electron chi connectivity index (χ2n) is 5.90. The predicted molar refractivity (Wildman–Crippen MR) is 109 cm³/mol. The van der Waals surface area contributed by atoms with E-state index in [1.807, 2.05) is 53.9 Å². The highest BCUT2D eigenvalue weighted by Crippen LogP contribution is 2.25. The molecule has 1 unspecified atom stereocenters. The first-order valence-electron chi connectivity index (χ1n) is 8.61. The number of hydrogen-bond acceptors (Lipinski definition) is 4. The minimum absolute atomic E-state index is 0.0721. The number of hydrogen-bond donors (Lipinski definition) is 3. The first-order chi connectivity index (χ1) is 13.2. The molecule has 1 atom stereocenters. The standard InChI is InChI=1S/C21H21N3O2S/c1-22-21(26)16-10-5-6-11-17(16)23-14-19(25)24-20(18-12-7-13-27-18)15-8-3-2-4-9-15/h2-13,20,23H,14H2,1H3,(H,22,26)(H,24,25). The lowest BCUT2D eigenvalue weighted by molar-refractivity contribution is -0.119. The Morgan fingerprint density at radius 2 is 1.70 bits per heavy atom. The minimum atomic E-state index is -0.199. The normalized spacial score (nSPS) is 11.4. The maximum absolute atomic E-state index is 12.6. The summed E-state index contributed by atoms with van der Waals surface area (Å²) in [5.41, 5.74) is 2.16. The average Bonchev–Trinajstić information content (AvgIpc) is 3.25. The van der Waals surface area contributed by atoms with Crippen molar-refractivity contribution in [3.8, 4) is 0 Å². The number of nitrogens with one attached hydrogen (secondary N) is 3. The molecule has 0 aliphatic heterocycles. The van der Waals surface area contributed by atoms with Crippen molar-refractivity contribution in [2.75, 3.05) is 18.9 Å². The van der Waals surface area contributed by atoms with Gasteiger partial charge in [-0.2, -0.15) is 0 Å². The predicted octanol–water partition coefficient (Wildman–Crippen LogP) is 3.43. The van der Waals surface area contributed by atoms with Gasteiger partial charge in [-0.25, -0.2) is 0 Å². The lowest BCUT2D eigenvalue weighted by Gasteiger charge is -2.19. The number of thiophene rings is 1. The SMILES string of the molecule is CNC(=O)c1ccccc1NCC(=O)NC(c1ccccc1)c1cccs1. The quantitative estimate of drug-likeness (QED) is 0.589. The lowest BCUT2D eigenvalue weighted by atomic mass is 10.1. The molecule has 3 aromatic rings. The van der Waals surface area contributed by atoms with Crippen LogP contribution < -0.4 is 16.0 Å². The summed E-state index contributed by atoms with van der Waals surface area (Å²) in [5, 5.41) is 10.7. The molecule has 0 spiro atoms. The number of rotatable bonds is 7. The molecule has 1 heterocycles. The molecule has 0 saturated carbocycles. The molecular formula is C21H21N3O2S. The molecule has 0 aliphatic rings. The van der Waals surface area contributed by atoms with E-state index in [1.165, 1.54) is 0 Å². The van der Waals surface area contributed by atoms with Crippen LogP contribution in [0.4, 0.5) is 5.69 Å². The van der Waals surface area contributed by atoms with E-state index in [-0.39, 0.29) is 24.4 Å². The van der Waals surface area contributed by atoms with Gasteiger partial charge in [-0.05, 0) is 29.1 Å². The number of amides is 2. The average molecular weight is 379 g/mol. The molecule has 27 heavy (non-hydrogen) atoms. The molecule has 3 rings (SSSR count). The summed E-state index contributed by atoms with van der Waals surface area (Å²) in [7, 11) is 1.58. The van der Waals surface area contributed by atoms with E-state index < -0.39 is 0 Å². The van der Waals surface area contributed by atoms with Crippen LogP contribution in [0.1, 0.15) is 26.8 Å². The molecule has 5 nitrogen and oxygen atoms in total. The molecule has 0 bridgehead atoms. The van der Waals surface area contributed by atoms with Crippen LogP contribution in [-0.4, -0.2) is 25.4 Å². The highest BCUT2D eigenvalue weighted by molar-refractivity contribution is 7.10. The Bertz CT molecular complexity index is 895. The first-order valence-corrected chi connectivity index (χ1v) is 9.49. The van der Waals surface area contributed by atoms with E-state index in [9.17, 15) is 9.59 Å². The maximum atomic E-state index is 12.6. The summed E-state index contributed by atoms with van der Waals surface area (Å²) in [4.78, 5) is 25.6. The first kappa shape index (κ1) is 18.7. The van der Waals surface area contributed by atoms with Crippen molar-refractivity contribution in [1.29, 1.82) is 0 Å². The summed E-state index contributed by atoms with van der Waals surface area (Å²) in [6, 6.07) is 20.8. The Morgan fingerprint density at radius 1 is 0.963 bits per heavy atom. The van der Waals surface area contributed by atoms with Crippen molar-refractivity contribution in [3.05, 3.63) is 88.1 Å². The number of carbonyl (C=O) groups is 2. The lowest BCUT2D eigenvalue weighted by Crippen LogP contribution is -2.34. The van der Waals surface area contributed by atoms with E-state index in [2.05, 4.69) is 16.0 Å². The van der Waals surface area contributed by atoms with Gasteiger partial charge in [0.25, 0.3) is 5.91 Å². The molecule has 2 amide bonds. The van der Waals surface area contributed by atoms with E-state index in [1.54, 1.807) is 36.6 Å². The van der Waals surface area contributed by atoms with Gasteiger partial charge in [-0.1, -0.05) is 48.5 Å². The van der Waals surface area contributed by atoms with Gasteiger partial charge in [-0.3, -0.25) is 9.59 Å². The molecule has 1 aromatic heterocycles. The number of para-hydroxylation sites is 1. The van der Waals surface area contributed by atoms with Gasteiger partial charge in [-0.15, -0.1) is 11.3 Å². The summed E-state index contributed by atoms with van der Waals surface area (Å²) >= 11 is 1.60. The Morgan fingerprint density at radius 3 is 2.41 bits per heavy atom. The Balaban J connectivity index is 1.70. The van der Waals surface area contributed by atoms with Gasteiger partial charge >= 0.3 is 0 Å². The summed E-state index contributed by atoms with van der Waals surface area (Å²) in [6.07, 6.45) is 0. The number of carbonyl (C=O) groups excluding carboxylic acids is 2. The maximum Gasteiger partial charge on any atom is 0.253 e. The van der Waals surface area contributed by atoms with Gasteiger partial charge in [0.15, 0.2) is 0 Å². The third-order valence-electron chi connectivity index (χ3n) is 4.10. The van der Waals surface area contributed by atoms with Gasteiger partial charge in [0, 0.05) is 17.6 Å². The topological polar surface area (TPSA) is 70.2 Å². The number of anilines is 1. The fourth-order valence-corrected chi connectivity index (χ4v) is 3.58. The second-order valence-corrected chi connectivity index (χ2v) is 6.88. The molecular weight excluding hydrogens is 358 g/mol. The molecule has 2 aromatic carbocycles. The zero-order valence-corrected chi connectivity index (χ0v) is 15.8. The smallest absolute Gasteiger partial charge is 0.253 e. The summed E-state index contributed by atoms with van der Waals surface area (Å²) in [6.45, 7) is 0.0721. The fraction of sp³-hybridized carbons (Fsp3) is 0.143. The van der Waals surface area contributed by atoms with E-state index >= 15 is 0 Å². The van der Waals surface area contributed by atoms with Crippen molar-refractivity contribution in [2.45, 2.75) is 6.04 Å². The second kappa shape index (κ2) is 9.00. The minimum Gasteiger partial charge on any atom is -0.376 e. The molecule has 3 N–H and O–H groups in total. The molecule has 6 heteroatoms. The Labute approximate surface area is 162 Å². The van der Waals surface area contributed by atoms with Gasteiger partial charge in [0.1, 0.15) is 0 Å². The van der Waals surface area contributed by atoms with E-state index in [4.69, 9.17) is 0 Å². The zero-order valence-electron chi connectivity index (χ0n) is 14.9. The largest absolute Gasteiger partial charge is 0.376 e. The molecule has 0 saturated heterocycles. The molecule has 0 aliphatic carbocycles. The fourth-order valence-electron chi connectivity index (χ4n) is 2.78. The van der Waals surface area contributed by atoms with Crippen LogP contribution in [0.15, 0.2) is 72.1 Å². The van der Waals surface area contributed by atoms with Crippen molar-refractivity contribution in [3.63, 3.8) is 0 Å². The van der Waals surface area contributed by atoms with Crippen molar-refractivity contribution >= 4 is 28.8 Å². The van der Waals surface area contributed by atoms with Crippen LogP contribution in [0.5, 0.6) is 0 Å². The summed E-state index contributed by atoms with van der Waals surface area (Å²) in [5.74, 6) is -0.344. The summed E-state index contributed by atoms with van der Waals surface area (Å²) < 4.78 is 0. The molecule has 138 valence electrons. The Kier molecular flexibility index (Phi) is 6.22. The third-order valence-corrected chi connectivity index (χ3v) is 5.04. The van der Waals surface area contributed by atoms with Gasteiger partial charge in [0.05, 0.1) is 18.2 Å². The number of benzene rings is 2. The van der Waals surface area contributed by atoms with Crippen molar-refractivity contribution in [2.24, 2.45) is 0 Å². The van der Waals surface area contributed by atoms with E-state index in [0.717, 1.165) is 10.4 Å². The molecule has 0 radical (unpaired) electrons. The van der Waals surface area contributed by atoms with Crippen LogP contribution in [0.3, 0.4) is 0 Å². The van der Waals surface area contributed by atoms with E-state index in [0.29, 0.717) is 11.3 Å². The molecule has 0 fully saturated rings. The van der Waals surface area contributed by atoms with Crippen LogP contribution in [0.25, 0.3) is 0 Å². The van der Waals surface area contributed by atoms with Crippen LogP contribution >= 0.6 is 11.3 Å². The van der Waals surface area contributed by atoms with Gasteiger partial charge in [0.2, 0.25) is 5.91 Å². The highest BCUT2D eigenvalue weighted by Gasteiger charge is 2.18. The highest BCUT2D eigenvalue weighted by atomic mass is 32.1. The van der Waals surface area contributed by atoms with Crippen LogP contribution in [0.2, 0.25) is 0 Å². The van der Waals surface area contributed by atoms with Crippen molar-refractivity contribution in [1.82, 2.24) is 10.6 Å². The monoisotopic (exact) mass is 379 g/mol. The van der Waals surface area contributed by atoms with Crippen molar-refractivity contribution < 1.29 is 9.59 Å². The van der Waals surface area contributed by atoms with Crippen LogP contribution in [-0.2, 0) is 4.79 Å². The van der Waals surface area contributed by atoms with Gasteiger partial charge < -0.3 is 16.0 Å². The Hall–Kier alpha value is -3.12. The third kappa shape index (κ3) is 4.74. The van der Waals surface area contributed by atoms with Crippen LogP contribution in [0, 0.1) is 0 Å².